The monoisotopic (exact) mass is 449 g/mol. The van der Waals surface area contributed by atoms with Crippen LogP contribution in [0.2, 0.25) is 0 Å². The smallest absolute Gasteiger partial charge is 0.311 e. The maximum atomic E-state index is 12.8. The summed E-state index contributed by atoms with van der Waals surface area (Å²) in [4.78, 5) is 51.2. The van der Waals surface area contributed by atoms with Gasteiger partial charge in [-0.25, -0.2) is 0 Å². The standard InChI is InChI=1S/C20H23N3O7S/c1-29-15-11-16(30-2)14(23(27)28)9-13(15)10-17-19(25)22(20(26)31-17)12-18(24)21-7-5-3-4-6-8-21/h9-11H,3-8,12H2,1-2H3. The minimum Gasteiger partial charge on any atom is -0.496 e. The van der Waals surface area contributed by atoms with Gasteiger partial charge in [-0.15, -0.1) is 0 Å². The number of likely N-dealkylation sites (tertiary alicyclic amines) is 1. The summed E-state index contributed by atoms with van der Waals surface area (Å²) >= 11 is 0.684. The van der Waals surface area contributed by atoms with Crippen molar-refractivity contribution in [3.8, 4) is 11.5 Å². The molecule has 2 fully saturated rings. The average Bonchev–Trinajstić information content (AvgIpc) is 2.95. The van der Waals surface area contributed by atoms with Crippen LogP contribution in [0.25, 0.3) is 6.08 Å². The zero-order valence-electron chi connectivity index (χ0n) is 17.3. The van der Waals surface area contributed by atoms with Crippen LogP contribution in [-0.2, 0) is 9.59 Å². The van der Waals surface area contributed by atoms with Crippen LogP contribution < -0.4 is 9.47 Å². The van der Waals surface area contributed by atoms with E-state index in [0.717, 1.165) is 30.6 Å². The van der Waals surface area contributed by atoms with Gasteiger partial charge in [0, 0.05) is 30.8 Å². The van der Waals surface area contributed by atoms with Crippen molar-refractivity contribution in [3.05, 3.63) is 32.7 Å². The number of thioether (sulfide) groups is 1. The lowest BCUT2D eigenvalue weighted by molar-refractivity contribution is -0.385. The third-order valence-electron chi connectivity index (χ3n) is 5.14. The molecular formula is C20H23N3O7S. The van der Waals surface area contributed by atoms with Crippen molar-refractivity contribution in [1.82, 2.24) is 9.80 Å². The molecule has 0 unspecified atom stereocenters. The topological polar surface area (TPSA) is 119 Å². The van der Waals surface area contributed by atoms with Gasteiger partial charge in [0.25, 0.3) is 11.1 Å². The van der Waals surface area contributed by atoms with E-state index in [9.17, 15) is 24.5 Å². The van der Waals surface area contributed by atoms with E-state index < -0.39 is 16.1 Å². The maximum absolute atomic E-state index is 12.8. The summed E-state index contributed by atoms with van der Waals surface area (Å²) in [5.74, 6) is -0.619. The van der Waals surface area contributed by atoms with Gasteiger partial charge in [0.2, 0.25) is 11.7 Å². The number of ether oxygens (including phenoxy) is 2. The number of benzene rings is 1. The molecule has 3 rings (SSSR count). The molecule has 0 saturated carbocycles. The Bertz CT molecular complexity index is 939. The molecular weight excluding hydrogens is 426 g/mol. The number of carbonyl (C=O) groups excluding carboxylic acids is 3. The third kappa shape index (κ3) is 4.98. The fourth-order valence-electron chi connectivity index (χ4n) is 3.49. The van der Waals surface area contributed by atoms with Gasteiger partial charge in [-0.05, 0) is 30.7 Å². The number of hydrogen-bond donors (Lipinski definition) is 0. The van der Waals surface area contributed by atoms with Crippen LogP contribution in [0.4, 0.5) is 10.5 Å². The number of amides is 3. The first-order valence-electron chi connectivity index (χ1n) is 9.79. The molecule has 2 aliphatic heterocycles. The summed E-state index contributed by atoms with van der Waals surface area (Å²) in [5.41, 5.74) is -0.0514. The number of rotatable bonds is 6. The highest BCUT2D eigenvalue weighted by Crippen LogP contribution is 2.38. The van der Waals surface area contributed by atoms with Crippen LogP contribution in [0.15, 0.2) is 17.0 Å². The summed E-state index contributed by atoms with van der Waals surface area (Å²) in [6.45, 7) is 0.928. The van der Waals surface area contributed by atoms with E-state index >= 15 is 0 Å². The zero-order chi connectivity index (χ0) is 22.5. The normalized spacial score (nSPS) is 18.3. The lowest BCUT2D eigenvalue weighted by atomic mass is 10.1. The van der Waals surface area contributed by atoms with Crippen molar-refractivity contribution >= 4 is 40.6 Å². The van der Waals surface area contributed by atoms with E-state index in [1.165, 1.54) is 32.4 Å². The summed E-state index contributed by atoms with van der Waals surface area (Å²) in [7, 11) is 2.68. The largest absolute Gasteiger partial charge is 0.496 e. The molecule has 0 N–H and O–H groups in total. The number of nitro groups is 1. The minimum absolute atomic E-state index is 0.00940. The van der Waals surface area contributed by atoms with Crippen molar-refractivity contribution in [3.63, 3.8) is 0 Å². The van der Waals surface area contributed by atoms with Gasteiger partial charge in [-0.1, -0.05) is 12.8 Å². The van der Waals surface area contributed by atoms with Crippen LogP contribution >= 0.6 is 11.8 Å². The van der Waals surface area contributed by atoms with Crippen LogP contribution in [0, 0.1) is 10.1 Å². The van der Waals surface area contributed by atoms with E-state index in [1.807, 2.05) is 0 Å². The molecule has 0 aliphatic carbocycles. The van der Waals surface area contributed by atoms with E-state index in [-0.39, 0.29) is 40.1 Å². The molecule has 3 amide bonds. The first-order valence-corrected chi connectivity index (χ1v) is 10.6. The van der Waals surface area contributed by atoms with Gasteiger partial charge in [0.1, 0.15) is 12.3 Å². The summed E-state index contributed by atoms with van der Waals surface area (Å²) in [5, 5.41) is 10.8. The Labute approximate surface area is 183 Å². The van der Waals surface area contributed by atoms with E-state index in [1.54, 1.807) is 4.90 Å². The first-order chi connectivity index (χ1) is 14.8. The Balaban J connectivity index is 1.83. The zero-order valence-corrected chi connectivity index (χ0v) is 18.1. The first kappa shape index (κ1) is 22.6. The lowest BCUT2D eigenvalue weighted by Crippen LogP contribution is -2.42. The second kappa shape index (κ2) is 9.82. The number of methoxy groups -OCH3 is 2. The lowest BCUT2D eigenvalue weighted by Gasteiger charge is -2.22. The van der Waals surface area contributed by atoms with Crippen LogP contribution in [0.1, 0.15) is 31.2 Å². The molecule has 2 heterocycles. The number of nitrogens with zero attached hydrogens (tertiary/aromatic N) is 3. The van der Waals surface area contributed by atoms with E-state index in [2.05, 4.69) is 0 Å². The Kier molecular flexibility index (Phi) is 7.16. The predicted molar refractivity (Wildman–Crippen MR) is 114 cm³/mol. The van der Waals surface area contributed by atoms with Crippen molar-refractivity contribution in [2.45, 2.75) is 25.7 Å². The molecule has 1 aromatic carbocycles. The Morgan fingerprint density at radius 2 is 1.77 bits per heavy atom. The Morgan fingerprint density at radius 3 is 2.35 bits per heavy atom. The Morgan fingerprint density at radius 1 is 1.13 bits per heavy atom. The average molecular weight is 449 g/mol. The van der Waals surface area contributed by atoms with Crippen LogP contribution in [-0.4, -0.2) is 65.6 Å². The summed E-state index contributed by atoms with van der Waals surface area (Å²) < 4.78 is 10.3. The highest BCUT2D eigenvalue weighted by Gasteiger charge is 2.37. The van der Waals surface area contributed by atoms with Crippen molar-refractivity contribution in [2.75, 3.05) is 33.9 Å². The van der Waals surface area contributed by atoms with Crippen LogP contribution in [0.5, 0.6) is 11.5 Å². The van der Waals surface area contributed by atoms with E-state index in [4.69, 9.17) is 9.47 Å². The molecule has 0 bridgehead atoms. The van der Waals surface area contributed by atoms with Crippen molar-refractivity contribution in [1.29, 1.82) is 0 Å². The highest BCUT2D eigenvalue weighted by atomic mass is 32.2. The molecule has 0 spiro atoms. The molecule has 11 heteroatoms. The molecule has 2 saturated heterocycles. The fraction of sp³-hybridized carbons (Fsp3) is 0.450. The van der Waals surface area contributed by atoms with Gasteiger partial charge in [0.05, 0.1) is 24.0 Å². The second-order valence-electron chi connectivity index (χ2n) is 7.09. The van der Waals surface area contributed by atoms with Gasteiger partial charge in [-0.3, -0.25) is 29.4 Å². The third-order valence-corrected chi connectivity index (χ3v) is 6.05. The van der Waals surface area contributed by atoms with Crippen LogP contribution in [0.3, 0.4) is 0 Å². The van der Waals surface area contributed by atoms with Crippen molar-refractivity contribution < 1.29 is 28.8 Å². The second-order valence-corrected chi connectivity index (χ2v) is 8.08. The van der Waals surface area contributed by atoms with Gasteiger partial charge >= 0.3 is 5.69 Å². The SMILES string of the molecule is COc1cc(OC)c([N+](=O)[O-])cc1C=C1SC(=O)N(CC(=O)N2CCCCCC2)C1=O. The van der Waals surface area contributed by atoms with E-state index in [0.29, 0.717) is 24.9 Å². The summed E-state index contributed by atoms with van der Waals surface area (Å²) in [6, 6.07) is 2.56. The number of nitro benzene ring substituents is 1. The molecule has 0 radical (unpaired) electrons. The Hall–Kier alpha value is -3.08. The number of carbonyl (C=O) groups is 3. The quantitative estimate of drug-likeness (QED) is 0.369. The van der Waals surface area contributed by atoms with Crippen molar-refractivity contribution in [2.24, 2.45) is 0 Å². The van der Waals surface area contributed by atoms with Gasteiger partial charge < -0.3 is 14.4 Å². The minimum atomic E-state index is -0.612. The molecule has 1 aromatic rings. The molecule has 31 heavy (non-hydrogen) atoms. The number of hydrogen-bond acceptors (Lipinski definition) is 8. The van der Waals surface area contributed by atoms with Gasteiger partial charge in [0.15, 0.2) is 0 Å². The molecule has 2 aliphatic rings. The number of imide groups is 1. The maximum Gasteiger partial charge on any atom is 0.311 e. The fourth-order valence-corrected chi connectivity index (χ4v) is 4.32. The molecule has 0 aromatic heterocycles. The molecule has 10 nitrogen and oxygen atoms in total. The summed E-state index contributed by atoms with van der Waals surface area (Å²) in [6.07, 6.45) is 5.29. The molecule has 0 atom stereocenters. The predicted octanol–water partition coefficient (Wildman–Crippen LogP) is 3.05. The molecule has 166 valence electrons. The van der Waals surface area contributed by atoms with Gasteiger partial charge in [-0.2, -0.15) is 0 Å². The highest BCUT2D eigenvalue weighted by molar-refractivity contribution is 8.18.